The lowest BCUT2D eigenvalue weighted by atomic mass is 10.2. The number of methoxy groups -OCH3 is 2. The first-order valence-electron chi connectivity index (χ1n) is 15.6. The van der Waals surface area contributed by atoms with Crippen molar-refractivity contribution >= 4 is 18.2 Å². The Bertz CT molecular complexity index is 1920. The van der Waals surface area contributed by atoms with Crippen LogP contribution in [0.5, 0.6) is 0 Å². The molecule has 250 valence electrons. The second kappa shape index (κ2) is 16.9. The van der Waals surface area contributed by atoms with Gasteiger partial charge in [0.25, 0.3) is 0 Å². The number of aromatic nitrogens is 5. The van der Waals surface area contributed by atoms with E-state index in [0.717, 1.165) is 29.1 Å². The number of hydrogen-bond donors (Lipinski definition) is 0. The average Bonchev–Trinajstić information content (AvgIpc) is 3.11. The molecule has 0 bridgehead atoms. The highest BCUT2D eigenvalue weighted by atomic mass is 16.5. The lowest BCUT2D eigenvalue weighted by molar-refractivity contribution is 0.0584. The number of carbonyl (C=O) groups excluding carboxylic acids is 3. The van der Waals surface area contributed by atoms with Crippen LogP contribution in [0.2, 0.25) is 0 Å². The Morgan fingerprint density at radius 3 is 1.33 bits per heavy atom. The van der Waals surface area contributed by atoms with Gasteiger partial charge in [0.2, 0.25) is 0 Å². The molecule has 5 heterocycles. The number of carbonyl (C=O) groups is 3. The summed E-state index contributed by atoms with van der Waals surface area (Å²) in [6, 6.07) is 27.7. The fourth-order valence-corrected chi connectivity index (χ4v) is 5.33. The summed E-state index contributed by atoms with van der Waals surface area (Å²) in [5, 5.41) is 0. The van der Waals surface area contributed by atoms with Gasteiger partial charge in [-0.15, -0.1) is 0 Å². The van der Waals surface area contributed by atoms with Crippen molar-refractivity contribution in [2.75, 3.05) is 14.2 Å². The molecule has 0 unspecified atom stereocenters. The molecule has 5 aromatic rings. The van der Waals surface area contributed by atoms with E-state index in [2.05, 4.69) is 24.8 Å². The third-order valence-corrected chi connectivity index (χ3v) is 7.48. The molecule has 12 heteroatoms. The van der Waals surface area contributed by atoms with Crippen LogP contribution in [0.3, 0.4) is 0 Å². The van der Waals surface area contributed by atoms with E-state index in [9.17, 15) is 14.4 Å². The van der Waals surface area contributed by atoms with E-state index in [-0.39, 0.29) is 11.4 Å². The average molecular weight is 660 g/mol. The molecule has 0 aliphatic carbocycles. The van der Waals surface area contributed by atoms with Crippen molar-refractivity contribution in [1.29, 1.82) is 0 Å². The normalized spacial score (nSPS) is 11.0. The number of hydrogen-bond acceptors (Lipinski definition) is 12. The second-order valence-electron chi connectivity index (χ2n) is 11.4. The maximum Gasteiger partial charge on any atom is 0.356 e. The Hall–Kier alpha value is -5.72. The van der Waals surface area contributed by atoms with Crippen molar-refractivity contribution < 1.29 is 23.9 Å². The number of pyridine rings is 5. The molecule has 0 atom stereocenters. The largest absolute Gasteiger partial charge is 0.464 e. The third kappa shape index (κ3) is 10.1. The highest BCUT2D eigenvalue weighted by Gasteiger charge is 2.17. The van der Waals surface area contributed by atoms with Crippen LogP contribution in [-0.4, -0.2) is 67.2 Å². The summed E-state index contributed by atoms with van der Waals surface area (Å²) >= 11 is 0. The van der Waals surface area contributed by atoms with Gasteiger partial charge in [-0.3, -0.25) is 24.6 Å². The molecular weight excluding hydrogens is 622 g/mol. The molecule has 0 saturated heterocycles. The summed E-state index contributed by atoms with van der Waals surface area (Å²) < 4.78 is 9.73. The molecule has 0 aliphatic rings. The minimum Gasteiger partial charge on any atom is -0.464 e. The van der Waals surface area contributed by atoms with Crippen molar-refractivity contribution in [2.45, 2.75) is 46.2 Å². The van der Waals surface area contributed by atoms with Crippen LogP contribution in [0.1, 0.15) is 71.3 Å². The molecule has 0 N–H and O–H groups in total. The minimum absolute atomic E-state index is 0.218. The summed E-state index contributed by atoms with van der Waals surface area (Å²) in [4.78, 5) is 63.2. The van der Waals surface area contributed by atoms with E-state index < -0.39 is 11.9 Å². The van der Waals surface area contributed by atoms with Gasteiger partial charge in [-0.1, -0.05) is 30.3 Å². The van der Waals surface area contributed by atoms with E-state index in [1.807, 2.05) is 61.5 Å². The summed E-state index contributed by atoms with van der Waals surface area (Å²) in [5.74, 6) is -1.01. The maximum atomic E-state index is 12.2. The summed E-state index contributed by atoms with van der Waals surface area (Å²) in [5.41, 5.74) is 6.37. The molecule has 49 heavy (non-hydrogen) atoms. The van der Waals surface area contributed by atoms with E-state index in [1.54, 1.807) is 36.4 Å². The molecular formula is C37H37N7O5. The number of ether oxygens (including phenoxy) is 2. The number of nitrogens with zero attached hydrogens (tertiary/aromatic N) is 7. The van der Waals surface area contributed by atoms with Crippen LogP contribution in [0.4, 0.5) is 0 Å². The maximum absolute atomic E-state index is 12.2. The molecule has 12 nitrogen and oxygen atoms in total. The monoisotopic (exact) mass is 659 g/mol. The third-order valence-electron chi connectivity index (χ3n) is 7.48. The zero-order chi connectivity index (χ0) is 34.6. The zero-order valence-corrected chi connectivity index (χ0v) is 27.7. The highest BCUT2D eigenvalue weighted by Crippen LogP contribution is 2.16. The molecule has 0 saturated carbocycles. The SMILES string of the molecule is COC(=O)c1cccc(CN(Cc2cccc(C)n2)Cc2cccc(CN(Cc3cccc(C=O)n3)Cc3cccc(C(=O)OC)n3)n2)n1. The van der Waals surface area contributed by atoms with Gasteiger partial charge in [0, 0.05) is 45.0 Å². The van der Waals surface area contributed by atoms with Crippen LogP contribution < -0.4 is 0 Å². The van der Waals surface area contributed by atoms with Gasteiger partial charge < -0.3 is 9.47 Å². The van der Waals surface area contributed by atoms with Crippen molar-refractivity contribution in [3.05, 3.63) is 148 Å². The number of rotatable bonds is 15. The van der Waals surface area contributed by atoms with Gasteiger partial charge in [0.15, 0.2) is 6.29 Å². The van der Waals surface area contributed by atoms with Gasteiger partial charge in [-0.25, -0.2) is 24.5 Å². The van der Waals surface area contributed by atoms with Crippen LogP contribution in [0, 0.1) is 6.92 Å². The molecule has 0 aliphatic heterocycles. The smallest absolute Gasteiger partial charge is 0.356 e. The Labute approximate surface area is 284 Å². The summed E-state index contributed by atoms with van der Waals surface area (Å²) in [6.07, 6.45) is 0.722. The van der Waals surface area contributed by atoms with E-state index in [0.29, 0.717) is 62.0 Å². The molecule has 0 amide bonds. The Balaban J connectivity index is 1.40. The molecule has 0 aromatic carbocycles. The Morgan fingerprint density at radius 1 is 0.531 bits per heavy atom. The van der Waals surface area contributed by atoms with Gasteiger partial charge >= 0.3 is 11.9 Å². The van der Waals surface area contributed by atoms with Crippen LogP contribution >= 0.6 is 0 Å². The van der Waals surface area contributed by atoms with Crippen LogP contribution in [0.25, 0.3) is 0 Å². The van der Waals surface area contributed by atoms with Gasteiger partial charge in [-0.2, -0.15) is 0 Å². The van der Waals surface area contributed by atoms with Crippen molar-refractivity contribution in [3.8, 4) is 0 Å². The van der Waals surface area contributed by atoms with Crippen molar-refractivity contribution in [1.82, 2.24) is 34.7 Å². The molecule has 0 radical (unpaired) electrons. The zero-order valence-electron chi connectivity index (χ0n) is 27.7. The summed E-state index contributed by atoms with van der Waals surface area (Å²) in [6.45, 7) is 4.65. The first-order valence-corrected chi connectivity index (χ1v) is 15.6. The molecule has 5 aromatic heterocycles. The minimum atomic E-state index is -0.513. The fraction of sp³-hybridized carbons (Fsp3) is 0.243. The predicted molar refractivity (Wildman–Crippen MR) is 180 cm³/mol. The highest BCUT2D eigenvalue weighted by molar-refractivity contribution is 5.87. The molecule has 5 rings (SSSR count). The number of aldehydes is 1. The molecule has 0 spiro atoms. The van der Waals surface area contributed by atoms with E-state index in [4.69, 9.17) is 19.4 Å². The fourth-order valence-electron chi connectivity index (χ4n) is 5.33. The standard InChI is InChI=1S/C37H37N7O5/c1-26-9-4-10-27(38-26)19-43(23-31-14-7-17-34(41-31)36(46)48-2)20-28-11-5-12-29(39-28)21-44(22-30-13-6-16-33(25-45)40-30)24-32-15-8-18-35(42-32)37(47)49-3/h4-18,25H,19-24H2,1-3H3. The topological polar surface area (TPSA) is 141 Å². The Kier molecular flexibility index (Phi) is 11.9. The van der Waals surface area contributed by atoms with Crippen LogP contribution in [0.15, 0.2) is 91.0 Å². The molecule has 0 fully saturated rings. The summed E-state index contributed by atoms with van der Waals surface area (Å²) in [7, 11) is 2.66. The number of aryl methyl sites for hydroxylation is 1. The first kappa shape index (κ1) is 34.6. The van der Waals surface area contributed by atoms with Crippen LogP contribution in [-0.2, 0) is 48.7 Å². The number of esters is 2. The lowest BCUT2D eigenvalue weighted by Crippen LogP contribution is -2.26. The predicted octanol–water partition coefficient (Wildman–Crippen LogP) is 4.76. The Morgan fingerprint density at radius 2 is 0.898 bits per heavy atom. The van der Waals surface area contributed by atoms with E-state index in [1.165, 1.54) is 14.2 Å². The van der Waals surface area contributed by atoms with Crippen molar-refractivity contribution in [2.24, 2.45) is 0 Å². The van der Waals surface area contributed by atoms with Gasteiger partial charge in [-0.05, 0) is 67.6 Å². The van der Waals surface area contributed by atoms with Crippen molar-refractivity contribution in [3.63, 3.8) is 0 Å². The second-order valence-corrected chi connectivity index (χ2v) is 11.4. The van der Waals surface area contributed by atoms with Gasteiger partial charge in [0.05, 0.1) is 48.4 Å². The first-order chi connectivity index (χ1) is 23.8. The quantitative estimate of drug-likeness (QED) is 0.113. The van der Waals surface area contributed by atoms with E-state index >= 15 is 0 Å². The van der Waals surface area contributed by atoms with Gasteiger partial charge in [0.1, 0.15) is 17.1 Å². The lowest BCUT2D eigenvalue weighted by Gasteiger charge is -2.24.